The summed E-state index contributed by atoms with van der Waals surface area (Å²) in [6, 6.07) is -0.508. The number of carbonyl (C=O) groups is 2. The molecule has 3 atom stereocenters. The third-order valence-corrected chi connectivity index (χ3v) is 3.74. The molecule has 2 fully saturated rings. The molecule has 0 spiro atoms. The molecule has 108 valence electrons. The number of amides is 2. The van der Waals surface area contributed by atoms with E-state index in [-0.39, 0.29) is 23.4 Å². The fourth-order valence-corrected chi connectivity index (χ4v) is 2.55. The lowest BCUT2D eigenvalue weighted by Crippen LogP contribution is -2.48. The Balaban J connectivity index is 1.84. The van der Waals surface area contributed by atoms with Crippen LogP contribution < -0.4 is 16.4 Å². The molecular formula is C13H23N3O3. The van der Waals surface area contributed by atoms with Crippen LogP contribution in [0.15, 0.2) is 0 Å². The van der Waals surface area contributed by atoms with Crippen LogP contribution in [0.3, 0.4) is 0 Å². The maximum Gasteiger partial charge on any atom is 0.250 e. The summed E-state index contributed by atoms with van der Waals surface area (Å²) in [5.74, 6) is -0.698. The van der Waals surface area contributed by atoms with Gasteiger partial charge < -0.3 is 21.5 Å². The lowest BCUT2D eigenvalue weighted by molar-refractivity contribution is -0.131. The Kier molecular flexibility index (Phi) is 3.82. The molecule has 2 amide bonds. The number of aliphatic hydroxyl groups excluding tert-OH is 1. The summed E-state index contributed by atoms with van der Waals surface area (Å²) in [6.45, 7) is 3.90. The summed E-state index contributed by atoms with van der Waals surface area (Å²) in [7, 11) is 0. The Hall–Kier alpha value is -1.14. The number of carbonyl (C=O) groups excluding carboxylic acids is 2. The molecule has 1 saturated carbocycles. The quantitative estimate of drug-likeness (QED) is 0.527. The van der Waals surface area contributed by atoms with E-state index in [2.05, 4.69) is 10.6 Å². The zero-order valence-electron chi connectivity index (χ0n) is 11.5. The summed E-state index contributed by atoms with van der Waals surface area (Å²) >= 11 is 0. The van der Waals surface area contributed by atoms with E-state index in [0.717, 1.165) is 12.8 Å². The average Bonchev–Trinajstić information content (AvgIpc) is 3.05. The zero-order chi connectivity index (χ0) is 14.2. The van der Waals surface area contributed by atoms with E-state index < -0.39 is 18.1 Å². The van der Waals surface area contributed by atoms with Gasteiger partial charge >= 0.3 is 0 Å². The maximum absolute atomic E-state index is 11.8. The van der Waals surface area contributed by atoms with Crippen molar-refractivity contribution in [2.24, 2.45) is 11.7 Å². The monoisotopic (exact) mass is 269 g/mol. The van der Waals surface area contributed by atoms with Gasteiger partial charge in [0.15, 0.2) is 0 Å². The van der Waals surface area contributed by atoms with Crippen molar-refractivity contribution in [2.75, 3.05) is 0 Å². The van der Waals surface area contributed by atoms with Crippen LogP contribution in [0.4, 0.5) is 0 Å². The fraction of sp³-hybridized carbons (Fsp3) is 0.846. The van der Waals surface area contributed by atoms with Gasteiger partial charge in [-0.3, -0.25) is 9.59 Å². The number of nitrogens with one attached hydrogen (secondary N) is 2. The highest BCUT2D eigenvalue weighted by Crippen LogP contribution is 2.28. The Labute approximate surface area is 113 Å². The predicted octanol–water partition coefficient (Wildman–Crippen LogP) is -0.742. The van der Waals surface area contributed by atoms with Gasteiger partial charge in [-0.15, -0.1) is 0 Å². The number of hydrogen-bond acceptors (Lipinski definition) is 4. The van der Waals surface area contributed by atoms with Crippen LogP contribution in [-0.2, 0) is 9.59 Å². The van der Waals surface area contributed by atoms with Crippen molar-refractivity contribution in [1.29, 1.82) is 0 Å². The van der Waals surface area contributed by atoms with Crippen molar-refractivity contribution < 1.29 is 14.7 Å². The van der Waals surface area contributed by atoms with E-state index in [1.54, 1.807) is 0 Å². The van der Waals surface area contributed by atoms with E-state index in [0.29, 0.717) is 12.8 Å². The molecule has 0 radical (unpaired) electrons. The van der Waals surface area contributed by atoms with E-state index in [1.807, 2.05) is 13.8 Å². The third-order valence-electron chi connectivity index (χ3n) is 3.74. The van der Waals surface area contributed by atoms with Gasteiger partial charge in [0.05, 0.1) is 0 Å². The van der Waals surface area contributed by atoms with Crippen LogP contribution in [0.1, 0.15) is 39.5 Å². The fourth-order valence-electron chi connectivity index (χ4n) is 2.55. The van der Waals surface area contributed by atoms with Gasteiger partial charge in [-0.25, -0.2) is 0 Å². The third kappa shape index (κ3) is 3.67. The summed E-state index contributed by atoms with van der Waals surface area (Å²) in [6.07, 6.45) is 1.70. The van der Waals surface area contributed by atoms with Gasteiger partial charge in [-0.2, -0.15) is 0 Å². The number of hydrogen-bond donors (Lipinski definition) is 4. The minimum atomic E-state index is -1.24. The van der Waals surface area contributed by atoms with Crippen molar-refractivity contribution in [2.45, 2.75) is 63.3 Å². The molecule has 5 N–H and O–H groups in total. The van der Waals surface area contributed by atoms with Crippen LogP contribution >= 0.6 is 0 Å². The van der Waals surface area contributed by atoms with E-state index in [1.165, 1.54) is 0 Å². The number of rotatable bonds is 5. The van der Waals surface area contributed by atoms with Crippen LogP contribution in [0.25, 0.3) is 0 Å². The SMILES string of the molecule is CC1(C)CC(C[C@H](N)C(O)C(=O)NC2CC2)C(=O)N1. The van der Waals surface area contributed by atoms with Gasteiger partial charge in [0.2, 0.25) is 5.91 Å². The van der Waals surface area contributed by atoms with Crippen molar-refractivity contribution in [3.63, 3.8) is 0 Å². The molecule has 0 aromatic carbocycles. The number of aliphatic hydroxyl groups is 1. The zero-order valence-corrected chi connectivity index (χ0v) is 11.5. The predicted molar refractivity (Wildman–Crippen MR) is 70.1 cm³/mol. The van der Waals surface area contributed by atoms with Crippen LogP contribution in [0, 0.1) is 5.92 Å². The maximum atomic E-state index is 11.8. The van der Waals surface area contributed by atoms with Crippen LogP contribution in [0.5, 0.6) is 0 Å². The largest absolute Gasteiger partial charge is 0.382 e. The lowest BCUT2D eigenvalue weighted by Gasteiger charge is -2.21. The van der Waals surface area contributed by atoms with Gasteiger partial charge in [-0.1, -0.05) is 0 Å². The van der Waals surface area contributed by atoms with Gasteiger partial charge in [0.25, 0.3) is 5.91 Å². The van der Waals surface area contributed by atoms with Crippen molar-refractivity contribution >= 4 is 11.8 Å². The molecule has 1 heterocycles. The second-order valence-electron chi connectivity index (χ2n) is 6.40. The Bertz CT molecular complexity index is 379. The van der Waals surface area contributed by atoms with Crippen molar-refractivity contribution in [1.82, 2.24) is 10.6 Å². The second kappa shape index (κ2) is 5.09. The Morgan fingerprint density at radius 3 is 2.68 bits per heavy atom. The topological polar surface area (TPSA) is 104 Å². The highest BCUT2D eigenvalue weighted by atomic mass is 16.3. The molecule has 2 rings (SSSR count). The first kappa shape index (κ1) is 14.3. The van der Waals surface area contributed by atoms with Crippen LogP contribution in [-0.4, -0.2) is 40.6 Å². The standard InChI is InChI=1S/C13H23N3O3/c1-13(2)6-7(11(18)16-13)5-9(14)10(17)12(19)15-8-3-4-8/h7-10,17H,3-6,14H2,1-2H3,(H,15,19)(H,16,18)/t7?,9-,10?/m0/s1. The van der Waals surface area contributed by atoms with Gasteiger partial charge in [0, 0.05) is 23.5 Å². The minimum Gasteiger partial charge on any atom is -0.382 e. The molecule has 2 unspecified atom stereocenters. The van der Waals surface area contributed by atoms with Crippen molar-refractivity contribution in [3.05, 3.63) is 0 Å². The molecule has 1 aliphatic heterocycles. The molecule has 0 aromatic heterocycles. The first-order valence-corrected chi connectivity index (χ1v) is 6.84. The van der Waals surface area contributed by atoms with Gasteiger partial charge in [0.1, 0.15) is 6.10 Å². The number of nitrogens with two attached hydrogens (primary N) is 1. The first-order chi connectivity index (χ1) is 8.78. The van der Waals surface area contributed by atoms with Crippen molar-refractivity contribution in [3.8, 4) is 0 Å². The summed E-state index contributed by atoms with van der Waals surface area (Å²) in [5.41, 5.74) is 5.62. The highest BCUT2D eigenvalue weighted by Gasteiger charge is 2.39. The molecule has 6 nitrogen and oxygen atoms in total. The Morgan fingerprint density at radius 2 is 2.21 bits per heavy atom. The van der Waals surface area contributed by atoms with Gasteiger partial charge in [-0.05, 0) is 39.5 Å². The van der Waals surface area contributed by atoms with Crippen LogP contribution in [0.2, 0.25) is 0 Å². The molecule has 2 aliphatic rings. The van der Waals surface area contributed by atoms with E-state index >= 15 is 0 Å². The first-order valence-electron chi connectivity index (χ1n) is 6.84. The van der Waals surface area contributed by atoms with E-state index in [4.69, 9.17) is 5.73 Å². The second-order valence-corrected chi connectivity index (χ2v) is 6.40. The normalized spacial score (nSPS) is 28.6. The summed E-state index contributed by atoms with van der Waals surface area (Å²) in [4.78, 5) is 23.4. The molecule has 1 saturated heterocycles. The Morgan fingerprint density at radius 1 is 1.58 bits per heavy atom. The minimum absolute atomic E-state index is 0.0461. The molecular weight excluding hydrogens is 246 g/mol. The smallest absolute Gasteiger partial charge is 0.250 e. The molecule has 1 aliphatic carbocycles. The molecule has 0 bridgehead atoms. The highest BCUT2D eigenvalue weighted by molar-refractivity contribution is 5.83. The average molecular weight is 269 g/mol. The summed E-state index contributed by atoms with van der Waals surface area (Å²) in [5, 5.41) is 15.5. The summed E-state index contributed by atoms with van der Waals surface area (Å²) < 4.78 is 0. The molecule has 0 aromatic rings. The lowest BCUT2D eigenvalue weighted by atomic mass is 9.90. The van der Waals surface area contributed by atoms with E-state index in [9.17, 15) is 14.7 Å². The molecule has 6 heteroatoms. The molecule has 19 heavy (non-hydrogen) atoms.